The summed E-state index contributed by atoms with van der Waals surface area (Å²) in [4.78, 5) is 30.6. The maximum absolute atomic E-state index is 13.8. The van der Waals surface area contributed by atoms with Crippen molar-refractivity contribution >= 4 is 28.3 Å². The zero-order chi connectivity index (χ0) is 22.0. The molecule has 4 heterocycles. The topological polar surface area (TPSA) is 68.3 Å². The van der Waals surface area contributed by atoms with Crippen molar-refractivity contribution in [1.29, 1.82) is 0 Å². The Morgan fingerprint density at radius 3 is 2.62 bits per heavy atom. The van der Waals surface area contributed by atoms with Crippen molar-refractivity contribution in [3.63, 3.8) is 0 Å². The van der Waals surface area contributed by atoms with Crippen LogP contribution in [0.2, 0.25) is 0 Å². The standard InChI is InChI=1S/C25H33N3O3S/c29-22(27-24-26-13-16-32-24)18-28-14-9-19(10-15-28)21(17-28)31-23(30)25(20-7-3-4-8-20)11-5-1-2-6-12-25/h3-4,7,13,16,19,21H,1-2,5-6,8-12,14-15,17-18H2/p+1/t19?,21-,28?/m0/s1. The zero-order valence-corrected chi connectivity index (χ0v) is 19.6. The van der Waals surface area contributed by atoms with Crippen LogP contribution < -0.4 is 5.32 Å². The first kappa shape index (κ1) is 21.8. The smallest absolute Gasteiger partial charge is 0.316 e. The average Bonchev–Trinajstić information content (AvgIpc) is 3.45. The fourth-order valence-electron chi connectivity index (χ4n) is 6.37. The van der Waals surface area contributed by atoms with Gasteiger partial charge in [0.25, 0.3) is 5.91 Å². The summed E-state index contributed by atoms with van der Waals surface area (Å²) < 4.78 is 7.11. The molecule has 0 radical (unpaired) electrons. The van der Waals surface area contributed by atoms with Crippen LogP contribution in [0.25, 0.3) is 0 Å². The molecule has 32 heavy (non-hydrogen) atoms. The number of carbonyl (C=O) groups excluding carboxylic acids is 2. The van der Waals surface area contributed by atoms with Gasteiger partial charge in [0.05, 0.1) is 18.5 Å². The lowest BCUT2D eigenvalue weighted by atomic mass is 9.73. The molecule has 6 rings (SSSR count). The van der Waals surface area contributed by atoms with Gasteiger partial charge in [-0.2, -0.15) is 0 Å². The molecule has 1 saturated carbocycles. The number of hydrogen-bond acceptors (Lipinski definition) is 5. The van der Waals surface area contributed by atoms with Crippen molar-refractivity contribution in [3.8, 4) is 0 Å². The first-order valence-corrected chi connectivity index (χ1v) is 13.1. The number of carbonyl (C=O) groups is 2. The minimum absolute atomic E-state index is 0.00140. The number of aromatic nitrogens is 1. The van der Waals surface area contributed by atoms with Gasteiger partial charge in [-0.1, -0.05) is 43.9 Å². The number of fused-ring (bicyclic) bond motifs is 3. The average molecular weight is 457 g/mol. The van der Waals surface area contributed by atoms with Crippen molar-refractivity contribution < 1.29 is 18.8 Å². The number of rotatable bonds is 6. The number of quaternary nitrogens is 1. The molecule has 1 amide bonds. The van der Waals surface area contributed by atoms with E-state index < -0.39 is 5.41 Å². The van der Waals surface area contributed by atoms with Crippen molar-refractivity contribution in [2.24, 2.45) is 11.3 Å². The van der Waals surface area contributed by atoms with Crippen molar-refractivity contribution in [1.82, 2.24) is 4.98 Å². The summed E-state index contributed by atoms with van der Waals surface area (Å²) in [6, 6.07) is 0. The summed E-state index contributed by atoms with van der Waals surface area (Å²) in [6.07, 6.45) is 17.4. The van der Waals surface area contributed by atoms with Crippen LogP contribution in [0.4, 0.5) is 5.13 Å². The summed E-state index contributed by atoms with van der Waals surface area (Å²) in [5, 5.41) is 5.45. The van der Waals surface area contributed by atoms with Crippen molar-refractivity contribution in [2.45, 2.75) is 63.9 Å². The summed E-state index contributed by atoms with van der Waals surface area (Å²) in [7, 11) is 0. The van der Waals surface area contributed by atoms with E-state index in [1.165, 1.54) is 29.8 Å². The third kappa shape index (κ3) is 4.29. The Kier molecular flexibility index (Phi) is 6.21. The van der Waals surface area contributed by atoms with Gasteiger partial charge in [0.1, 0.15) is 6.54 Å². The second-order valence-corrected chi connectivity index (χ2v) is 11.0. The number of nitrogens with zero attached hydrogens (tertiary/aromatic N) is 2. The second-order valence-electron chi connectivity index (χ2n) is 10.1. The highest BCUT2D eigenvalue weighted by Crippen LogP contribution is 2.46. The minimum atomic E-state index is -0.445. The van der Waals surface area contributed by atoms with Gasteiger partial charge in [-0.05, 0) is 24.8 Å². The fourth-order valence-corrected chi connectivity index (χ4v) is 6.91. The highest BCUT2D eigenvalue weighted by Gasteiger charge is 2.51. The van der Waals surface area contributed by atoms with Gasteiger partial charge in [0.2, 0.25) is 0 Å². The van der Waals surface area contributed by atoms with Gasteiger partial charge < -0.3 is 9.22 Å². The van der Waals surface area contributed by atoms with Crippen LogP contribution >= 0.6 is 11.3 Å². The first-order valence-electron chi connectivity index (χ1n) is 12.2. The Hall–Kier alpha value is -1.99. The molecule has 2 bridgehead atoms. The van der Waals surface area contributed by atoms with Crippen LogP contribution in [-0.2, 0) is 14.3 Å². The van der Waals surface area contributed by atoms with Crippen LogP contribution in [0.1, 0.15) is 57.8 Å². The van der Waals surface area contributed by atoms with E-state index in [4.69, 9.17) is 4.74 Å². The minimum Gasteiger partial charge on any atom is -0.455 e. The van der Waals surface area contributed by atoms with E-state index in [0.717, 1.165) is 69.1 Å². The molecule has 0 spiro atoms. The molecule has 1 N–H and O–H groups in total. The van der Waals surface area contributed by atoms with Crippen LogP contribution in [0.3, 0.4) is 0 Å². The number of ether oxygens (including phenoxy) is 1. The monoisotopic (exact) mass is 456 g/mol. The highest BCUT2D eigenvalue weighted by atomic mass is 32.1. The maximum atomic E-state index is 13.8. The van der Waals surface area contributed by atoms with Crippen LogP contribution in [-0.4, -0.2) is 53.6 Å². The summed E-state index contributed by atoms with van der Waals surface area (Å²) in [5.41, 5.74) is 0.802. The van der Waals surface area contributed by atoms with E-state index in [1.807, 2.05) is 5.38 Å². The van der Waals surface area contributed by atoms with Crippen molar-refractivity contribution in [2.75, 3.05) is 31.5 Å². The Morgan fingerprint density at radius 1 is 1.19 bits per heavy atom. The molecule has 2 aliphatic carbocycles. The molecule has 0 aromatic carbocycles. The molecule has 172 valence electrons. The number of allylic oxidation sites excluding steroid dienone is 3. The number of amides is 1. The summed E-state index contributed by atoms with van der Waals surface area (Å²) in [5.74, 6) is 0.436. The Labute approximate surface area is 194 Å². The molecule has 1 aromatic rings. The second kappa shape index (κ2) is 9.10. The van der Waals surface area contributed by atoms with Crippen LogP contribution in [0, 0.1) is 11.3 Å². The largest absolute Gasteiger partial charge is 0.455 e. The number of hydrogen-bond donors (Lipinski definition) is 1. The summed E-state index contributed by atoms with van der Waals surface area (Å²) in [6.45, 7) is 3.17. The van der Waals surface area contributed by atoms with Gasteiger partial charge in [-0.3, -0.25) is 14.9 Å². The predicted molar refractivity (Wildman–Crippen MR) is 125 cm³/mol. The Balaban J connectivity index is 1.28. The van der Waals surface area contributed by atoms with Gasteiger partial charge in [0, 0.05) is 30.3 Å². The lowest BCUT2D eigenvalue weighted by molar-refractivity contribution is -0.939. The third-order valence-electron chi connectivity index (χ3n) is 8.19. The third-order valence-corrected chi connectivity index (χ3v) is 8.88. The predicted octanol–water partition coefficient (Wildman–Crippen LogP) is 4.46. The van der Waals surface area contributed by atoms with E-state index >= 15 is 0 Å². The molecule has 1 atom stereocenters. The van der Waals surface area contributed by atoms with Gasteiger partial charge in [-0.15, -0.1) is 11.3 Å². The van der Waals surface area contributed by atoms with Gasteiger partial charge in [0.15, 0.2) is 17.8 Å². The highest BCUT2D eigenvalue weighted by molar-refractivity contribution is 7.13. The lowest BCUT2D eigenvalue weighted by Crippen LogP contribution is -2.66. The maximum Gasteiger partial charge on any atom is 0.316 e. The van der Waals surface area contributed by atoms with E-state index in [1.54, 1.807) is 6.20 Å². The number of nitrogens with one attached hydrogen (secondary N) is 1. The SMILES string of the molecule is O=C(C[N+]12CCC(CC1)[C@@H](OC(=O)C1(C3=CC=CC3)CCCCCC1)C2)Nc1nccs1. The van der Waals surface area contributed by atoms with Gasteiger partial charge in [-0.25, -0.2) is 4.98 Å². The molecule has 4 fully saturated rings. The van der Waals surface area contributed by atoms with Crippen LogP contribution in [0.5, 0.6) is 0 Å². The summed E-state index contributed by atoms with van der Waals surface area (Å²) >= 11 is 1.44. The normalized spacial score (nSPS) is 31.1. The molecule has 3 aliphatic heterocycles. The van der Waals surface area contributed by atoms with Crippen LogP contribution in [0.15, 0.2) is 35.4 Å². The first-order chi connectivity index (χ1) is 15.6. The number of esters is 1. The molecule has 1 aromatic heterocycles. The van der Waals surface area contributed by atoms with E-state index in [-0.39, 0.29) is 18.0 Å². The van der Waals surface area contributed by atoms with Crippen molar-refractivity contribution in [3.05, 3.63) is 35.4 Å². The number of anilines is 1. The molecular weight excluding hydrogens is 422 g/mol. The van der Waals surface area contributed by atoms with Gasteiger partial charge >= 0.3 is 5.97 Å². The molecule has 7 heteroatoms. The molecular formula is C25H34N3O3S+. The quantitative estimate of drug-likeness (QED) is 0.390. The molecule has 6 nitrogen and oxygen atoms in total. The molecule has 5 aliphatic rings. The Morgan fingerprint density at radius 2 is 1.97 bits per heavy atom. The number of piperidine rings is 3. The van der Waals surface area contributed by atoms with E-state index in [0.29, 0.717) is 17.6 Å². The zero-order valence-electron chi connectivity index (χ0n) is 18.8. The lowest BCUT2D eigenvalue weighted by Gasteiger charge is -2.52. The molecule has 3 saturated heterocycles. The fraction of sp³-hybridized carbons (Fsp3) is 0.640. The Bertz CT molecular complexity index is 892. The van der Waals surface area contributed by atoms with E-state index in [9.17, 15) is 9.59 Å². The number of thiazole rings is 1. The molecule has 0 unspecified atom stereocenters. The van der Waals surface area contributed by atoms with E-state index in [2.05, 4.69) is 28.5 Å².